The molecule has 3 N–H and O–H groups in total. The van der Waals surface area contributed by atoms with Gasteiger partial charge in [-0.3, -0.25) is 0 Å². The monoisotopic (exact) mass is 298 g/mol. The molecule has 120 valence electrons. The lowest BCUT2D eigenvalue weighted by Crippen LogP contribution is -2.17. The van der Waals surface area contributed by atoms with Crippen LogP contribution in [0.4, 0.5) is 11.4 Å². The van der Waals surface area contributed by atoms with Crippen molar-refractivity contribution in [2.75, 3.05) is 11.1 Å². The van der Waals surface area contributed by atoms with Gasteiger partial charge < -0.3 is 11.1 Å². The molecule has 0 spiro atoms. The van der Waals surface area contributed by atoms with Gasteiger partial charge in [-0.25, -0.2) is 0 Å². The van der Waals surface area contributed by atoms with Crippen molar-refractivity contribution in [3.8, 4) is 0 Å². The fraction of sp³-hybridized carbons (Fsp3) is 0.300. The summed E-state index contributed by atoms with van der Waals surface area (Å²) in [6, 6.07) is 8.20. The molecule has 1 aromatic rings. The van der Waals surface area contributed by atoms with Gasteiger partial charge in [0.1, 0.15) is 0 Å². The van der Waals surface area contributed by atoms with Crippen molar-refractivity contribution >= 4 is 11.4 Å². The second-order valence-corrected chi connectivity index (χ2v) is 4.62. The quantitative estimate of drug-likeness (QED) is 0.552. The SMILES string of the molecule is C=C/C(C)=C\C.CC.Nc1ccccc1NC1C=CC=CC1. The molecule has 0 amide bonds. The maximum atomic E-state index is 5.83. The van der Waals surface area contributed by atoms with Crippen molar-refractivity contribution in [2.45, 2.75) is 40.2 Å². The minimum absolute atomic E-state index is 0.365. The normalized spacial score (nSPS) is 15.8. The van der Waals surface area contributed by atoms with Gasteiger partial charge in [-0.05, 0) is 32.4 Å². The summed E-state index contributed by atoms with van der Waals surface area (Å²) in [5, 5.41) is 3.39. The molecular weight excluding hydrogens is 268 g/mol. The minimum Gasteiger partial charge on any atom is -0.397 e. The highest BCUT2D eigenvalue weighted by atomic mass is 14.9. The highest BCUT2D eigenvalue weighted by molar-refractivity contribution is 5.66. The van der Waals surface area contributed by atoms with Crippen molar-refractivity contribution in [2.24, 2.45) is 0 Å². The number of hydrogen-bond donors (Lipinski definition) is 2. The van der Waals surface area contributed by atoms with Gasteiger partial charge in [0.15, 0.2) is 0 Å². The van der Waals surface area contributed by atoms with E-state index in [4.69, 9.17) is 5.73 Å². The van der Waals surface area contributed by atoms with E-state index in [0.29, 0.717) is 6.04 Å². The molecule has 2 nitrogen and oxygen atoms in total. The number of benzene rings is 1. The van der Waals surface area contributed by atoms with E-state index >= 15 is 0 Å². The van der Waals surface area contributed by atoms with Crippen LogP contribution in [-0.2, 0) is 0 Å². The van der Waals surface area contributed by atoms with E-state index in [0.717, 1.165) is 17.8 Å². The lowest BCUT2D eigenvalue weighted by molar-refractivity contribution is 0.884. The first-order valence-corrected chi connectivity index (χ1v) is 7.87. The molecule has 0 saturated carbocycles. The Morgan fingerprint density at radius 3 is 2.41 bits per heavy atom. The van der Waals surface area contributed by atoms with Crippen molar-refractivity contribution in [3.05, 3.63) is 72.9 Å². The highest BCUT2D eigenvalue weighted by Crippen LogP contribution is 2.19. The van der Waals surface area contributed by atoms with E-state index in [-0.39, 0.29) is 0 Å². The molecule has 1 unspecified atom stereocenters. The first-order chi connectivity index (χ1) is 10.7. The Morgan fingerprint density at radius 2 is 1.95 bits per heavy atom. The van der Waals surface area contributed by atoms with Crippen LogP contribution < -0.4 is 11.1 Å². The summed E-state index contributed by atoms with van der Waals surface area (Å²) >= 11 is 0. The molecule has 0 heterocycles. The standard InChI is InChI=1S/C12H14N2.C6H10.C2H6/c13-11-8-4-5-9-12(11)14-10-6-2-1-3-7-10;1-4-6(3)5-2;1-2/h1-6,8-10,14H,7,13H2;4-5H,1H2,2-3H3;1-2H3/b;6-5-;. The molecule has 0 bridgehead atoms. The summed E-state index contributed by atoms with van der Waals surface area (Å²) in [5.74, 6) is 0. The van der Waals surface area contributed by atoms with Crippen molar-refractivity contribution < 1.29 is 0 Å². The Labute approximate surface area is 136 Å². The first kappa shape index (κ1) is 19.8. The second-order valence-electron chi connectivity index (χ2n) is 4.62. The third kappa shape index (κ3) is 8.15. The van der Waals surface area contributed by atoms with E-state index in [1.54, 1.807) is 0 Å². The number of anilines is 2. The highest BCUT2D eigenvalue weighted by Gasteiger charge is 2.05. The Kier molecular flexibility index (Phi) is 11.3. The number of allylic oxidation sites excluding steroid dienone is 5. The first-order valence-electron chi connectivity index (χ1n) is 7.87. The fourth-order valence-corrected chi connectivity index (χ4v) is 1.63. The molecule has 1 aromatic carbocycles. The van der Waals surface area contributed by atoms with E-state index < -0.39 is 0 Å². The van der Waals surface area contributed by atoms with Crippen molar-refractivity contribution in [1.82, 2.24) is 0 Å². The Hall–Kier alpha value is -2.22. The minimum atomic E-state index is 0.365. The summed E-state index contributed by atoms with van der Waals surface area (Å²) in [4.78, 5) is 0. The molecule has 0 saturated heterocycles. The van der Waals surface area contributed by atoms with Gasteiger partial charge >= 0.3 is 0 Å². The van der Waals surface area contributed by atoms with E-state index in [9.17, 15) is 0 Å². The van der Waals surface area contributed by atoms with Crippen LogP contribution in [-0.4, -0.2) is 6.04 Å². The molecule has 0 aliphatic heterocycles. The zero-order chi connectivity index (χ0) is 16.8. The van der Waals surface area contributed by atoms with Crippen LogP contribution in [0.1, 0.15) is 34.1 Å². The second kappa shape index (κ2) is 12.5. The summed E-state index contributed by atoms with van der Waals surface area (Å²) < 4.78 is 0. The van der Waals surface area contributed by atoms with Gasteiger partial charge in [0.2, 0.25) is 0 Å². The van der Waals surface area contributed by atoms with E-state index in [1.807, 2.05) is 64.1 Å². The van der Waals surface area contributed by atoms with Crippen molar-refractivity contribution in [1.29, 1.82) is 0 Å². The number of nitrogen functional groups attached to an aromatic ring is 1. The Morgan fingerprint density at radius 1 is 1.27 bits per heavy atom. The third-order valence-corrected chi connectivity index (χ3v) is 3.06. The number of nitrogens with one attached hydrogen (secondary N) is 1. The number of para-hydroxylation sites is 2. The summed E-state index contributed by atoms with van der Waals surface area (Å²) in [6.07, 6.45) is 13.3. The molecule has 1 aliphatic rings. The lowest BCUT2D eigenvalue weighted by Gasteiger charge is -2.17. The molecule has 22 heavy (non-hydrogen) atoms. The predicted octanol–water partition coefficient (Wildman–Crippen LogP) is 5.73. The maximum absolute atomic E-state index is 5.83. The summed E-state index contributed by atoms with van der Waals surface area (Å²) in [7, 11) is 0. The van der Waals surface area contributed by atoms with Gasteiger partial charge in [0, 0.05) is 6.04 Å². The van der Waals surface area contributed by atoms with Gasteiger partial charge in [-0.2, -0.15) is 0 Å². The van der Waals surface area contributed by atoms with Crippen LogP contribution in [0.3, 0.4) is 0 Å². The maximum Gasteiger partial charge on any atom is 0.0578 e. The Balaban J connectivity index is 0.000000470. The van der Waals surface area contributed by atoms with Crippen LogP contribution in [0.25, 0.3) is 0 Å². The fourth-order valence-electron chi connectivity index (χ4n) is 1.63. The molecule has 2 rings (SSSR count). The zero-order valence-electron chi connectivity index (χ0n) is 14.3. The van der Waals surface area contributed by atoms with Gasteiger partial charge in [-0.1, -0.05) is 74.6 Å². The Bertz CT molecular complexity index is 510. The summed E-state index contributed by atoms with van der Waals surface area (Å²) in [5.41, 5.74) is 8.88. The van der Waals surface area contributed by atoms with Crippen LogP contribution in [0.2, 0.25) is 0 Å². The van der Waals surface area contributed by atoms with Crippen LogP contribution >= 0.6 is 0 Å². The summed E-state index contributed by atoms with van der Waals surface area (Å²) in [6.45, 7) is 11.6. The van der Waals surface area contributed by atoms with Crippen LogP contribution in [0.15, 0.2) is 72.9 Å². The average molecular weight is 298 g/mol. The van der Waals surface area contributed by atoms with Gasteiger partial charge in [0.25, 0.3) is 0 Å². The molecular formula is C20H30N2. The molecule has 0 fully saturated rings. The smallest absolute Gasteiger partial charge is 0.0578 e. The third-order valence-electron chi connectivity index (χ3n) is 3.06. The number of nitrogens with two attached hydrogens (primary N) is 1. The van der Waals surface area contributed by atoms with E-state index in [2.05, 4.69) is 36.2 Å². The van der Waals surface area contributed by atoms with E-state index in [1.165, 1.54) is 5.57 Å². The average Bonchev–Trinajstić information content (AvgIpc) is 2.59. The predicted molar refractivity (Wildman–Crippen MR) is 102 cm³/mol. The van der Waals surface area contributed by atoms with Gasteiger partial charge in [0.05, 0.1) is 11.4 Å². The zero-order valence-corrected chi connectivity index (χ0v) is 14.3. The largest absolute Gasteiger partial charge is 0.397 e. The van der Waals surface area contributed by atoms with Crippen LogP contribution in [0, 0.1) is 0 Å². The lowest BCUT2D eigenvalue weighted by atomic mass is 10.1. The topological polar surface area (TPSA) is 38.0 Å². The molecule has 1 atom stereocenters. The number of hydrogen-bond acceptors (Lipinski definition) is 2. The van der Waals surface area contributed by atoms with Crippen molar-refractivity contribution in [3.63, 3.8) is 0 Å². The molecule has 2 heteroatoms. The van der Waals surface area contributed by atoms with Crippen LogP contribution in [0.5, 0.6) is 0 Å². The molecule has 1 aliphatic carbocycles. The molecule has 0 radical (unpaired) electrons. The molecule has 0 aromatic heterocycles. The number of rotatable bonds is 3. The van der Waals surface area contributed by atoms with Gasteiger partial charge in [-0.15, -0.1) is 0 Å².